The molecule has 0 aliphatic heterocycles. The number of nitro benzene ring substituents is 1. The minimum Gasteiger partial charge on any atom is -0.494 e. The number of aromatic nitrogens is 1. The molecular weight excluding hydrogens is 430 g/mol. The fourth-order valence-electron chi connectivity index (χ4n) is 3.14. The number of nitro groups is 1. The summed E-state index contributed by atoms with van der Waals surface area (Å²) in [6.45, 7) is 2.19. The lowest BCUT2D eigenvalue weighted by Gasteiger charge is -2.16. The molecule has 4 aromatic rings. The first-order chi connectivity index (χ1) is 15.5. The van der Waals surface area contributed by atoms with Gasteiger partial charge in [0, 0.05) is 18.2 Å². The minimum atomic E-state index is -0.465. The molecule has 2 heterocycles. The Kier molecular flexibility index (Phi) is 6.00. The molecule has 0 spiro atoms. The van der Waals surface area contributed by atoms with Gasteiger partial charge in [-0.2, -0.15) is 0 Å². The molecule has 162 valence electrons. The lowest BCUT2D eigenvalue weighted by molar-refractivity contribution is -0.384. The van der Waals surface area contributed by atoms with Crippen LogP contribution in [0.15, 0.2) is 65.3 Å². The molecule has 4 rings (SSSR count). The number of nitrogens with zero attached hydrogens (tertiary/aromatic N) is 3. The van der Waals surface area contributed by atoms with Crippen LogP contribution in [0.4, 0.5) is 10.8 Å². The monoisotopic (exact) mass is 449 g/mol. The number of hydrogen-bond donors (Lipinski definition) is 0. The van der Waals surface area contributed by atoms with Gasteiger partial charge in [-0.25, -0.2) is 4.98 Å². The minimum absolute atomic E-state index is 0.00767. The third-order valence-corrected chi connectivity index (χ3v) is 6.04. The number of ether oxygens (including phenoxy) is 1. The number of furan rings is 1. The van der Waals surface area contributed by atoms with E-state index >= 15 is 0 Å². The summed E-state index contributed by atoms with van der Waals surface area (Å²) in [6.07, 6.45) is 4.58. The highest BCUT2D eigenvalue weighted by atomic mass is 32.1. The fourth-order valence-corrected chi connectivity index (χ4v) is 4.20. The zero-order valence-corrected chi connectivity index (χ0v) is 18.2. The van der Waals surface area contributed by atoms with E-state index in [1.165, 1.54) is 34.4 Å². The second kappa shape index (κ2) is 9.03. The number of benzene rings is 2. The van der Waals surface area contributed by atoms with E-state index in [1.54, 1.807) is 43.7 Å². The van der Waals surface area contributed by atoms with E-state index in [1.807, 2.05) is 19.1 Å². The highest BCUT2D eigenvalue weighted by Gasteiger charge is 2.21. The smallest absolute Gasteiger partial charge is 0.269 e. The molecule has 0 saturated heterocycles. The standard InChI is InChI=1S/C23H19N3O5S/c1-15-5-11-19(30-2)21-22(15)32-23(24-21)25(14-18-4-3-13-31-18)20(27)12-8-16-6-9-17(10-7-16)26(28)29/h3-13H,14H2,1-2H3/b12-8-. The molecule has 8 nitrogen and oxygen atoms in total. The van der Waals surface area contributed by atoms with Gasteiger partial charge in [0.05, 0.1) is 29.5 Å². The van der Waals surface area contributed by atoms with E-state index < -0.39 is 4.92 Å². The molecule has 0 atom stereocenters. The van der Waals surface area contributed by atoms with Crippen molar-refractivity contribution in [1.29, 1.82) is 0 Å². The van der Waals surface area contributed by atoms with E-state index in [9.17, 15) is 14.9 Å². The summed E-state index contributed by atoms with van der Waals surface area (Å²) in [7, 11) is 1.59. The molecule has 0 unspecified atom stereocenters. The molecule has 0 radical (unpaired) electrons. The van der Waals surface area contributed by atoms with Gasteiger partial charge < -0.3 is 9.15 Å². The molecule has 0 bridgehead atoms. The molecule has 0 fully saturated rings. The summed E-state index contributed by atoms with van der Waals surface area (Å²) in [6, 6.07) is 13.3. The Hall–Kier alpha value is -3.98. The van der Waals surface area contributed by atoms with Gasteiger partial charge in [-0.15, -0.1) is 0 Å². The summed E-state index contributed by atoms with van der Waals surface area (Å²) < 4.78 is 11.8. The molecule has 0 aliphatic rings. The number of methoxy groups -OCH3 is 1. The SMILES string of the molecule is COc1ccc(C)c2sc(N(Cc3ccco3)C(=O)/C=C\c3ccc([N+](=O)[O-])cc3)nc12. The Bertz CT molecular complexity index is 1290. The zero-order chi connectivity index (χ0) is 22.7. The van der Waals surface area contributed by atoms with Crippen molar-refractivity contribution in [2.24, 2.45) is 0 Å². The number of thiazole rings is 1. The largest absolute Gasteiger partial charge is 0.494 e. The van der Waals surface area contributed by atoms with Crippen LogP contribution in [0.3, 0.4) is 0 Å². The third-order valence-electron chi connectivity index (χ3n) is 4.83. The number of aryl methyl sites for hydroxylation is 1. The molecule has 2 aromatic heterocycles. The van der Waals surface area contributed by atoms with Gasteiger partial charge in [0.2, 0.25) is 0 Å². The van der Waals surface area contributed by atoms with Crippen LogP contribution in [0.1, 0.15) is 16.9 Å². The fraction of sp³-hybridized carbons (Fsp3) is 0.130. The van der Waals surface area contributed by atoms with Gasteiger partial charge in [0.25, 0.3) is 11.6 Å². The Morgan fingerprint density at radius 2 is 2.03 bits per heavy atom. The molecule has 32 heavy (non-hydrogen) atoms. The van der Waals surface area contributed by atoms with Crippen LogP contribution in [0.25, 0.3) is 16.3 Å². The van der Waals surface area contributed by atoms with Crippen LogP contribution in [0.5, 0.6) is 5.75 Å². The first-order valence-electron chi connectivity index (χ1n) is 9.67. The molecule has 0 saturated carbocycles. The van der Waals surface area contributed by atoms with Crippen LogP contribution < -0.4 is 9.64 Å². The summed E-state index contributed by atoms with van der Waals surface area (Å²) in [5.74, 6) is 0.959. The van der Waals surface area contributed by atoms with Crippen molar-refractivity contribution < 1.29 is 18.9 Å². The van der Waals surface area contributed by atoms with E-state index in [4.69, 9.17) is 9.15 Å². The number of fused-ring (bicyclic) bond motifs is 1. The third kappa shape index (κ3) is 4.37. The summed E-state index contributed by atoms with van der Waals surface area (Å²) in [5, 5.41) is 11.3. The predicted octanol–water partition coefficient (Wildman–Crippen LogP) is 5.36. The summed E-state index contributed by atoms with van der Waals surface area (Å²) >= 11 is 1.40. The normalized spacial score (nSPS) is 11.2. The van der Waals surface area contributed by atoms with Crippen molar-refractivity contribution in [3.05, 3.63) is 87.9 Å². The van der Waals surface area contributed by atoms with E-state index in [2.05, 4.69) is 4.98 Å². The predicted molar refractivity (Wildman–Crippen MR) is 123 cm³/mol. The van der Waals surface area contributed by atoms with Crippen molar-refractivity contribution in [2.75, 3.05) is 12.0 Å². The number of non-ortho nitro benzene ring substituents is 1. The van der Waals surface area contributed by atoms with Crippen LogP contribution in [-0.4, -0.2) is 22.9 Å². The molecule has 1 amide bonds. The van der Waals surface area contributed by atoms with Gasteiger partial charge in [-0.05, 0) is 54.5 Å². The lowest BCUT2D eigenvalue weighted by atomic mass is 10.2. The van der Waals surface area contributed by atoms with Crippen molar-refractivity contribution in [1.82, 2.24) is 4.98 Å². The molecule has 0 N–H and O–H groups in total. The number of rotatable bonds is 7. The van der Waals surface area contributed by atoms with Gasteiger partial charge in [-0.1, -0.05) is 17.4 Å². The first-order valence-corrected chi connectivity index (χ1v) is 10.5. The maximum Gasteiger partial charge on any atom is 0.269 e. The van der Waals surface area contributed by atoms with E-state index in [0.29, 0.717) is 27.7 Å². The van der Waals surface area contributed by atoms with Crippen molar-refractivity contribution >= 4 is 44.4 Å². The van der Waals surface area contributed by atoms with Crippen molar-refractivity contribution in [3.63, 3.8) is 0 Å². The Labute approximate surface area is 187 Å². The topological polar surface area (TPSA) is 98.7 Å². The van der Waals surface area contributed by atoms with Gasteiger partial charge in [0.1, 0.15) is 17.0 Å². The maximum atomic E-state index is 13.2. The molecule has 0 aliphatic carbocycles. The van der Waals surface area contributed by atoms with Crippen LogP contribution in [-0.2, 0) is 11.3 Å². The van der Waals surface area contributed by atoms with Gasteiger partial charge in [0.15, 0.2) is 5.13 Å². The second-order valence-electron chi connectivity index (χ2n) is 6.94. The zero-order valence-electron chi connectivity index (χ0n) is 17.3. The Morgan fingerprint density at radius 1 is 1.25 bits per heavy atom. The summed E-state index contributed by atoms with van der Waals surface area (Å²) in [4.78, 5) is 29.7. The summed E-state index contributed by atoms with van der Waals surface area (Å²) in [5.41, 5.74) is 2.40. The van der Waals surface area contributed by atoms with E-state index in [0.717, 1.165) is 10.3 Å². The Balaban J connectivity index is 1.67. The van der Waals surface area contributed by atoms with Gasteiger partial charge >= 0.3 is 0 Å². The highest BCUT2D eigenvalue weighted by molar-refractivity contribution is 7.22. The maximum absolute atomic E-state index is 13.2. The highest BCUT2D eigenvalue weighted by Crippen LogP contribution is 2.37. The molecule has 2 aromatic carbocycles. The second-order valence-corrected chi connectivity index (χ2v) is 7.92. The van der Waals surface area contributed by atoms with E-state index in [-0.39, 0.29) is 18.1 Å². The number of anilines is 1. The molecule has 9 heteroatoms. The van der Waals surface area contributed by atoms with Crippen LogP contribution in [0.2, 0.25) is 0 Å². The lowest BCUT2D eigenvalue weighted by Crippen LogP contribution is -2.28. The van der Waals surface area contributed by atoms with Crippen molar-refractivity contribution in [2.45, 2.75) is 13.5 Å². The van der Waals surface area contributed by atoms with Gasteiger partial charge in [-0.3, -0.25) is 19.8 Å². The first kappa shape index (κ1) is 21.3. The number of carbonyl (C=O) groups excluding carboxylic acids is 1. The Morgan fingerprint density at radius 3 is 2.69 bits per heavy atom. The quantitative estimate of drug-likeness (QED) is 0.214. The van der Waals surface area contributed by atoms with Crippen molar-refractivity contribution in [3.8, 4) is 5.75 Å². The average molecular weight is 449 g/mol. The number of carbonyl (C=O) groups is 1. The average Bonchev–Trinajstić information content (AvgIpc) is 3.47. The van der Waals surface area contributed by atoms with Crippen LogP contribution >= 0.6 is 11.3 Å². The number of hydrogen-bond acceptors (Lipinski definition) is 7. The van der Waals surface area contributed by atoms with Crippen LogP contribution in [0, 0.1) is 17.0 Å². The number of amides is 1. The molecular formula is C23H19N3O5S.